The van der Waals surface area contributed by atoms with Crippen LogP contribution in [0, 0.1) is 11.2 Å². The molecule has 3 aromatic rings. The van der Waals surface area contributed by atoms with Gasteiger partial charge in [0.05, 0.1) is 15.9 Å². The van der Waals surface area contributed by atoms with E-state index in [4.69, 9.17) is 11.6 Å². The third-order valence-electron chi connectivity index (χ3n) is 6.43. The van der Waals surface area contributed by atoms with Crippen molar-refractivity contribution in [1.82, 2.24) is 20.2 Å². The van der Waals surface area contributed by atoms with Crippen LogP contribution in [-0.2, 0) is 11.3 Å². The second kappa shape index (κ2) is 10.5. The van der Waals surface area contributed by atoms with Crippen LogP contribution in [0.4, 0.5) is 23.2 Å². The Kier molecular flexibility index (Phi) is 7.72. The summed E-state index contributed by atoms with van der Waals surface area (Å²) < 4.78 is 53.8. The molecule has 1 fully saturated rings. The first kappa shape index (κ1) is 27.8. The van der Waals surface area contributed by atoms with Crippen LogP contribution in [0.2, 0.25) is 5.02 Å². The van der Waals surface area contributed by atoms with Gasteiger partial charge in [0.15, 0.2) is 0 Å². The SMILES string of the molecule is C[C@H](NC(=O)Cn1c(-c2ccc(F)c(Cl)c2)nc2ccc(N3CCNCC(C)(C)C3)cc2c1=O)C(F)(F)F. The quantitative estimate of drug-likeness (QED) is 0.459. The molecule has 0 unspecified atom stereocenters. The first-order chi connectivity index (χ1) is 17.7. The van der Waals surface area contributed by atoms with E-state index in [0.29, 0.717) is 12.1 Å². The van der Waals surface area contributed by atoms with Crippen molar-refractivity contribution < 1.29 is 22.4 Å². The number of anilines is 1. The second-order valence-corrected chi connectivity index (χ2v) is 10.7. The second-order valence-electron chi connectivity index (χ2n) is 10.3. The van der Waals surface area contributed by atoms with Gasteiger partial charge in [-0.1, -0.05) is 25.4 Å². The Morgan fingerprint density at radius 3 is 2.66 bits per heavy atom. The highest BCUT2D eigenvalue weighted by molar-refractivity contribution is 6.31. The van der Waals surface area contributed by atoms with Crippen LogP contribution < -0.4 is 21.1 Å². The first-order valence-corrected chi connectivity index (χ1v) is 12.4. The minimum Gasteiger partial charge on any atom is -0.370 e. The molecule has 1 saturated heterocycles. The first-order valence-electron chi connectivity index (χ1n) is 12.1. The van der Waals surface area contributed by atoms with Crippen LogP contribution in [0.15, 0.2) is 41.2 Å². The molecule has 12 heteroatoms. The lowest BCUT2D eigenvalue weighted by Gasteiger charge is -2.30. The Bertz CT molecular complexity index is 1420. The zero-order chi connectivity index (χ0) is 27.8. The molecule has 7 nitrogen and oxygen atoms in total. The fourth-order valence-electron chi connectivity index (χ4n) is 4.43. The van der Waals surface area contributed by atoms with Crippen molar-refractivity contribution in [3.05, 3.63) is 57.6 Å². The molecule has 1 atom stereocenters. The number of alkyl halides is 3. The van der Waals surface area contributed by atoms with Gasteiger partial charge in [-0.3, -0.25) is 14.2 Å². The Morgan fingerprint density at radius 1 is 1.24 bits per heavy atom. The largest absolute Gasteiger partial charge is 0.408 e. The molecule has 1 aromatic heterocycles. The van der Waals surface area contributed by atoms with E-state index in [2.05, 4.69) is 29.0 Å². The standard InChI is InChI=1S/C26H28ClF4N5O2/c1-15(26(29,30)31)33-22(37)12-36-23(16-4-6-20(28)19(27)10-16)34-21-7-5-17(11-18(21)24(36)38)35-9-8-32-13-25(2,3)14-35/h4-7,10-11,15,32H,8-9,12-14H2,1-3H3,(H,33,37)/t15-/m0/s1. The molecule has 1 amide bonds. The zero-order valence-electron chi connectivity index (χ0n) is 21.1. The molecule has 1 aliphatic heterocycles. The van der Waals surface area contributed by atoms with Crippen molar-refractivity contribution in [2.45, 2.75) is 39.5 Å². The molecule has 0 spiro atoms. The van der Waals surface area contributed by atoms with E-state index in [1.807, 2.05) is 11.4 Å². The van der Waals surface area contributed by atoms with Gasteiger partial charge in [0.1, 0.15) is 24.2 Å². The highest BCUT2D eigenvalue weighted by atomic mass is 35.5. The monoisotopic (exact) mass is 553 g/mol. The van der Waals surface area contributed by atoms with E-state index in [0.717, 1.165) is 42.9 Å². The van der Waals surface area contributed by atoms with Crippen LogP contribution in [0.3, 0.4) is 0 Å². The number of nitrogens with one attached hydrogen (secondary N) is 2. The van der Waals surface area contributed by atoms with Crippen LogP contribution in [0.5, 0.6) is 0 Å². The van der Waals surface area contributed by atoms with Crippen molar-refractivity contribution in [1.29, 1.82) is 0 Å². The minimum atomic E-state index is -4.65. The summed E-state index contributed by atoms with van der Waals surface area (Å²) in [5.74, 6) is -1.74. The Morgan fingerprint density at radius 2 is 1.97 bits per heavy atom. The van der Waals surface area contributed by atoms with Crippen molar-refractivity contribution >= 4 is 34.1 Å². The van der Waals surface area contributed by atoms with E-state index < -0.39 is 36.0 Å². The summed E-state index contributed by atoms with van der Waals surface area (Å²) in [6.07, 6.45) is -4.65. The fraction of sp³-hybridized carbons (Fsp3) is 0.423. The van der Waals surface area contributed by atoms with Crippen molar-refractivity contribution in [3.8, 4) is 11.4 Å². The molecule has 2 heterocycles. The van der Waals surface area contributed by atoms with Crippen molar-refractivity contribution in [2.75, 3.05) is 31.1 Å². The lowest BCUT2D eigenvalue weighted by molar-refractivity contribution is -0.158. The summed E-state index contributed by atoms with van der Waals surface area (Å²) in [6, 6.07) is 6.76. The van der Waals surface area contributed by atoms with Gasteiger partial charge in [-0.05, 0) is 48.7 Å². The van der Waals surface area contributed by atoms with Crippen LogP contribution in [0.1, 0.15) is 20.8 Å². The van der Waals surface area contributed by atoms with Gasteiger partial charge >= 0.3 is 6.18 Å². The average Bonchev–Trinajstić information content (AvgIpc) is 3.02. The predicted octanol–water partition coefficient (Wildman–Crippen LogP) is 4.36. The number of carbonyl (C=O) groups excluding carboxylic acids is 1. The fourth-order valence-corrected chi connectivity index (χ4v) is 4.61. The molecule has 0 aliphatic carbocycles. The van der Waals surface area contributed by atoms with Crippen molar-refractivity contribution in [2.24, 2.45) is 5.41 Å². The molecule has 204 valence electrons. The molecule has 4 rings (SSSR count). The summed E-state index contributed by atoms with van der Waals surface area (Å²) in [5.41, 5.74) is 0.697. The Balaban J connectivity index is 1.82. The Labute approximate surface area is 221 Å². The maximum atomic E-state index is 13.8. The molecule has 2 aromatic carbocycles. The lowest BCUT2D eigenvalue weighted by atomic mass is 9.93. The molecular formula is C26H28ClF4N5O2. The number of nitrogens with zero attached hydrogens (tertiary/aromatic N) is 3. The number of aromatic nitrogens is 2. The molecule has 0 radical (unpaired) electrons. The summed E-state index contributed by atoms with van der Waals surface area (Å²) in [5, 5.41) is 5.23. The van der Waals surface area contributed by atoms with Gasteiger partial charge in [0.2, 0.25) is 5.91 Å². The topological polar surface area (TPSA) is 79.3 Å². The number of benzene rings is 2. The van der Waals surface area contributed by atoms with Gasteiger partial charge in [0.25, 0.3) is 5.56 Å². The molecule has 2 N–H and O–H groups in total. The van der Waals surface area contributed by atoms with Gasteiger partial charge in [-0.25, -0.2) is 9.37 Å². The highest BCUT2D eigenvalue weighted by Gasteiger charge is 2.37. The van der Waals surface area contributed by atoms with Crippen LogP contribution >= 0.6 is 11.6 Å². The minimum absolute atomic E-state index is 0.0212. The number of carbonyl (C=O) groups is 1. The summed E-state index contributed by atoms with van der Waals surface area (Å²) in [7, 11) is 0. The Hall–Kier alpha value is -3.18. The summed E-state index contributed by atoms with van der Waals surface area (Å²) in [4.78, 5) is 33.0. The number of rotatable bonds is 5. The number of amides is 1. The lowest BCUT2D eigenvalue weighted by Crippen LogP contribution is -2.45. The average molecular weight is 554 g/mol. The van der Waals surface area contributed by atoms with E-state index in [1.165, 1.54) is 12.1 Å². The number of hydrogen-bond donors (Lipinski definition) is 2. The van der Waals surface area contributed by atoms with Gasteiger partial charge in [0, 0.05) is 37.4 Å². The molecule has 0 saturated carbocycles. The normalized spacial score (nSPS) is 16.8. The third kappa shape index (κ3) is 6.10. The van der Waals surface area contributed by atoms with E-state index in [-0.39, 0.29) is 27.2 Å². The zero-order valence-corrected chi connectivity index (χ0v) is 21.9. The predicted molar refractivity (Wildman–Crippen MR) is 139 cm³/mol. The van der Waals surface area contributed by atoms with Gasteiger partial charge in [-0.2, -0.15) is 13.2 Å². The van der Waals surface area contributed by atoms with Crippen molar-refractivity contribution in [3.63, 3.8) is 0 Å². The van der Waals surface area contributed by atoms with E-state index >= 15 is 0 Å². The smallest absolute Gasteiger partial charge is 0.370 e. The number of fused-ring (bicyclic) bond motifs is 1. The maximum Gasteiger partial charge on any atom is 0.408 e. The molecule has 1 aliphatic rings. The van der Waals surface area contributed by atoms with Gasteiger partial charge in [-0.15, -0.1) is 0 Å². The van der Waals surface area contributed by atoms with E-state index in [9.17, 15) is 27.2 Å². The molecular weight excluding hydrogens is 526 g/mol. The van der Waals surface area contributed by atoms with Gasteiger partial charge < -0.3 is 15.5 Å². The molecule has 38 heavy (non-hydrogen) atoms. The van der Waals surface area contributed by atoms with E-state index in [1.54, 1.807) is 12.1 Å². The summed E-state index contributed by atoms with van der Waals surface area (Å²) >= 11 is 5.94. The number of hydrogen-bond acceptors (Lipinski definition) is 5. The van der Waals surface area contributed by atoms with Crippen LogP contribution in [-0.4, -0.2) is 53.9 Å². The maximum absolute atomic E-state index is 13.8. The summed E-state index contributed by atoms with van der Waals surface area (Å²) in [6.45, 7) is 7.38. The number of halogens is 5. The molecule has 0 bridgehead atoms. The highest BCUT2D eigenvalue weighted by Crippen LogP contribution is 2.28. The van der Waals surface area contributed by atoms with Crippen LogP contribution in [0.25, 0.3) is 22.3 Å². The third-order valence-corrected chi connectivity index (χ3v) is 6.72.